The highest BCUT2D eigenvalue weighted by atomic mass is 32.2. The lowest BCUT2D eigenvalue weighted by atomic mass is 10.0. The lowest BCUT2D eigenvalue weighted by Gasteiger charge is -2.13. The molecular weight excluding hydrogens is 246 g/mol. The minimum atomic E-state index is -2.97. The van der Waals surface area contributed by atoms with Crippen LogP contribution in [0.25, 0.3) is 0 Å². The third kappa shape index (κ3) is 4.78. The monoisotopic (exact) mass is 269 g/mol. The van der Waals surface area contributed by atoms with E-state index in [1.54, 1.807) is 13.8 Å². The van der Waals surface area contributed by atoms with Crippen LogP contribution in [0.3, 0.4) is 0 Å². The Labute approximate surface area is 110 Å². The molecule has 0 saturated carbocycles. The van der Waals surface area contributed by atoms with Crippen molar-refractivity contribution in [2.45, 2.75) is 44.9 Å². The molecule has 1 unspecified atom stereocenters. The van der Waals surface area contributed by atoms with Gasteiger partial charge in [0, 0.05) is 6.04 Å². The number of rotatable bonds is 6. The van der Waals surface area contributed by atoms with Crippen molar-refractivity contribution in [3.63, 3.8) is 0 Å². The second-order valence-electron chi connectivity index (χ2n) is 5.15. The summed E-state index contributed by atoms with van der Waals surface area (Å²) < 4.78 is 23.4. The van der Waals surface area contributed by atoms with Crippen LogP contribution in [0.1, 0.15) is 31.4 Å². The molecular formula is C14H23NO2S. The van der Waals surface area contributed by atoms with Crippen molar-refractivity contribution in [3.05, 3.63) is 35.4 Å². The number of aryl methyl sites for hydroxylation is 1. The average Bonchev–Trinajstić information content (AvgIpc) is 2.29. The van der Waals surface area contributed by atoms with Crippen LogP contribution in [0.4, 0.5) is 0 Å². The molecule has 4 heteroatoms. The Morgan fingerprint density at radius 1 is 1.17 bits per heavy atom. The van der Waals surface area contributed by atoms with Crippen LogP contribution in [0, 0.1) is 6.92 Å². The Hall–Kier alpha value is -0.870. The van der Waals surface area contributed by atoms with Gasteiger partial charge in [0.25, 0.3) is 0 Å². The summed E-state index contributed by atoms with van der Waals surface area (Å²) in [5, 5.41) is -0.316. The van der Waals surface area contributed by atoms with Crippen molar-refractivity contribution in [2.24, 2.45) is 5.73 Å². The van der Waals surface area contributed by atoms with Crippen molar-refractivity contribution >= 4 is 9.84 Å². The molecule has 3 nitrogen and oxygen atoms in total. The Kier molecular flexibility index (Phi) is 5.35. The zero-order chi connectivity index (χ0) is 13.8. The molecule has 1 aromatic carbocycles. The van der Waals surface area contributed by atoms with E-state index >= 15 is 0 Å². The molecule has 18 heavy (non-hydrogen) atoms. The molecule has 1 aromatic rings. The standard InChI is InChI=1S/C14H23NO2S/c1-11(2)18(16,17)9-8-14(15)10-13-6-4-12(3)5-7-13/h4-7,11,14H,8-10,15H2,1-3H3. The molecule has 1 rings (SSSR count). The molecule has 0 aliphatic heterocycles. The summed E-state index contributed by atoms with van der Waals surface area (Å²) >= 11 is 0. The molecule has 0 saturated heterocycles. The van der Waals surface area contributed by atoms with Gasteiger partial charge < -0.3 is 5.73 Å². The van der Waals surface area contributed by atoms with E-state index in [0.29, 0.717) is 6.42 Å². The fraction of sp³-hybridized carbons (Fsp3) is 0.571. The van der Waals surface area contributed by atoms with E-state index in [1.165, 1.54) is 5.56 Å². The number of sulfone groups is 1. The molecule has 0 heterocycles. The Morgan fingerprint density at radius 2 is 1.72 bits per heavy atom. The third-order valence-electron chi connectivity index (χ3n) is 3.11. The van der Waals surface area contributed by atoms with Gasteiger partial charge in [0.05, 0.1) is 11.0 Å². The minimum absolute atomic E-state index is 0.0961. The second kappa shape index (κ2) is 6.34. The predicted molar refractivity (Wildman–Crippen MR) is 76.4 cm³/mol. The molecule has 0 spiro atoms. The van der Waals surface area contributed by atoms with E-state index in [4.69, 9.17) is 5.73 Å². The number of hydrogen-bond acceptors (Lipinski definition) is 3. The van der Waals surface area contributed by atoms with Gasteiger partial charge in [-0.15, -0.1) is 0 Å². The molecule has 2 N–H and O–H groups in total. The summed E-state index contributed by atoms with van der Waals surface area (Å²) in [6.07, 6.45) is 1.25. The fourth-order valence-corrected chi connectivity index (χ4v) is 2.78. The molecule has 0 amide bonds. The van der Waals surface area contributed by atoms with Gasteiger partial charge in [0.1, 0.15) is 0 Å². The maximum Gasteiger partial charge on any atom is 0.152 e. The maximum absolute atomic E-state index is 11.7. The van der Waals surface area contributed by atoms with Gasteiger partial charge in [-0.2, -0.15) is 0 Å². The predicted octanol–water partition coefficient (Wildman–Crippen LogP) is 2.08. The molecule has 0 bridgehead atoms. The van der Waals surface area contributed by atoms with Crippen molar-refractivity contribution in [2.75, 3.05) is 5.75 Å². The van der Waals surface area contributed by atoms with Crippen LogP contribution < -0.4 is 5.73 Å². The van der Waals surface area contributed by atoms with E-state index in [2.05, 4.69) is 0 Å². The van der Waals surface area contributed by atoms with Crippen molar-refractivity contribution in [3.8, 4) is 0 Å². The zero-order valence-electron chi connectivity index (χ0n) is 11.4. The van der Waals surface area contributed by atoms with Crippen LogP contribution in [0.5, 0.6) is 0 Å². The van der Waals surface area contributed by atoms with Gasteiger partial charge in [0.2, 0.25) is 0 Å². The van der Waals surface area contributed by atoms with E-state index in [1.807, 2.05) is 31.2 Å². The van der Waals surface area contributed by atoms with Gasteiger partial charge in [-0.05, 0) is 39.2 Å². The van der Waals surface area contributed by atoms with E-state index < -0.39 is 9.84 Å². The normalized spacial score (nSPS) is 13.8. The summed E-state index contributed by atoms with van der Waals surface area (Å²) in [5.74, 6) is 0.178. The zero-order valence-corrected chi connectivity index (χ0v) is 12.2. The second-order valence-corrected chi connectivity index (χ2v) is 7.83. The van der Waals surface area contributed by atoms with Crippen LogP contribution in [-0.4, -0.2) is 25.5 Å². The van der Waals surface area contributed by atoms with Crippen molar-refractivity contribution in [1.29, 1.82) is 0 Å². The van der Waals surface area contributed by atoms with Crippen LogP contribution >= 0.6 is 0 Å². The topological polar surface area (TPSA) is 60.2 Å². The summed E-state index contributed by atoms with van der Waals surface area (Å²) in [4.78, 5) is 0. The molecule has 1 atom stereocenters. The Balaban J connectivity index is 2.48. The first-order chi connectivity index (χ1) is 8.31. The highest BCUT2D eigenvalue weighted by molar-refractivity contribution is 7.91. The van der Waals surface area contributed by atoms with Gasteiger partial charge in [-0.1, -0.05) is 29.8 Å². The molecule has 0 aliphatic rings. The van der Waals surface area contributed by atoms with Crippen molar-refractivity contribution < 1.29 is 8.42 Å². The van der Waals surface area contributed by atoms with Crippen LogP contribution in [-0.2, 0) is 16.3 Å². The van der Waals surface area contributed by atoms with Gasteiger partial charge in [-0.25, -0.2) is 8.42 Å². The third-order valence-corrected chi connectivity index (χ3v) is 5.35. The molecule has 0 radical (unpaired) electrons. The molecule has 102 valence electrons. The SMILES string of the molecule is Cc1ccc(CC(N)CCS(=O)(=O)C(C)C)cc1. The summed E-state index contributed by atoms with van der Waals surface area (Å²) in [6.45, 7) is 5.46. The van der Waals surface area contributed by atoms with Crippen LogP contribution in [0.15, 0.2) is 24.3 Å². The van der Waals surface area contributed by atoms with Gasteiger partial charge >= 0.3 is 0 Å². The first-order valence-electron chi connectivity index (χ1n) is 6.34. The highest BCUT2D eigenvalue weighted by Gasteiger charge is 2.17. The van der Waals surface area contributed by atoms with Crippen LogP contribution in [0.2, 0.25) is 0 Å². The van der Waals surface area contributed by atoms with Crippen molar-refractivity contribution in [1.82, 2.24) is 0 Å². The Bertz CT molecular complexity index is 463. The van der Waals surface area contributed by atoms with Gasteiger partial charge in [0.15, 0.2) is 9.84 Å². The average molecular weight is 269 g/mol. The van der Waals surface area contributed by atoms with Gasteiger partial charge in [-0.3, -0.25) is 0 Å². The number of benzene rings is 1. The fourth-order valence-electron chi connectivity index (χ4n) is 1.68. The quantitative estimate of drug-likeness (QED) is 0.860. The molecule has 0 aromatic heterocycles. The summed E-state index contributed by atoms with van der Waals surface area (Å²) in [7, 11) is -2.97. The molecule has 0 fully saturated rings. The minimum Gasteiger partial charge on any atom is -0.327 e. The summed E-state index contributed by atoms with van der Waals surface area (Å²) in [5.41, 5.74) is 8.37. The van der Waals surface area contributed by atoms with E-state index in [-0.39, 0.29) is 17.0 Å². The number of nitrogens with two attached hydrogens (primary N) is 1. The lowest BCUT2D eigenvalue weighted by Crippen LogP contribution is -2.28. The van der Waals surface area contributed by atoms with E-state index in [0.717, 1.165) is 12.0 Å². The summed E-state index contributed by atoms with van der Waals surface area (Å²) in [6, 6.07) is 8.10. The molecule has 0 aliphatic carbocycles. The first kappa shape index (κ1) is 15.2. The lowest BCUT2D eigenvalue weighted by molar-refractivity contribution is 0.573. The maximum atomic E-state index is 11.7. The number of hydrogen-bond donors (Lipinski definition) is 1. The Morgan fingerprint density at radius 3 is 2.22 bits per heavy atom. The largest absolute Gasteiger partial charge is 0.327 e. The van der Waals surface area contributed by atoms with E-state index in [9.17, 15) is 8.42 Å². The smallest absolute Gasteiger partial charge is 0.152 e. The highest BCUT2D eigenvalue weighted by Crippen LogP contribution is 2.09. The first-order valence-corrected chi connectivity index (χ1v) is 8.05.